The molecule has 0 unspecified atom stereocenters. The highest BCUT2D eigenvalue weighted by Gasteiger charge is 2.65. The van der Waals surface area contributed by atoms with Crippen LogP contribution < -0.4 is 0 Å². The number of rotatable bonds is 0. The molecule has 0 aromatic rings. The fraction of sp³-hybridized carbons (Fsp3) is 0.333. The fourth-order valence-corrected chi connectivity index (χ4v) is 0.703. The first kappa shape index (κ1) is 10.1. The third-order valence-electron chi connectivity index (χ3n) is 1.43. The van der Waals surface area contributed by atoms with Gasteiger partial charge in [0.05, 0.1) is 0 Å². The molecule has 0 radical (unpaired) electrons. The van der Waals surface area contributed by atoms with Gasteiger partial charge in [-0.25, -0.2) is 13.2 Å². The van der Waals surface area contributed by atoms with Gasteiger partial charge in [-0.15, -0.1) is 0 Å². The standard InChI is InChI=1S/C6HF7/c7-2-1-3(8)5(10,11)6(12,13)4(2)9/h1H. The summed E-state index contributed by atoms with van der Waals surface area (Å²) in [7, 11) is 0. The highest BCUT2D eigenvalue weighted by molar-refractivity contribution is 5.35. The van der Waals surface area contributed by atoms with Crippen molar-refractivity contribution in [1.29, 1.82) is 0 Å². The normalized spacial score (nSPS) is 25.9. The molecule has 74 valence electrons. The third-order valence-corrected chi connectivity index (χ3v) is 1.43. The van der Waals surface area contributed by atoms with E-state index >= 15 is 0 Å². The number of hydrogen-bond donors (Lipinski definition) is 0. The van der Waals surface area contributed by atoms with Gasteiger partial charge in [-0.1, -0.05) is 0 Å². The van der Waals surface area contributed by atoms with Crippen LogP contribution in [0.15, 0.2) is 23.6 Å². The Bertz CT molecular complexity index is 298. The van der Waals surface area contributed by atoms with Crippen molar-refractivity contribution in [2.75, 3.05) is 0 Å². The Labute approximate surface area is 67.3 Å². The van der Waals surface area contributed by atoms with Crippen molar-refractivity contribution in [3.05, 3.63) is 23.6 Å². The topological polar surface area (TPSA) is 0 Å². The van der Waals surface area contributed by atoms with Crippen LogP contribution in [0.5, 0.6) is 0 Å². The molecular weight excluding hydrogens is 205 g/mol. The van der Waals surface area contributed by atoms with Crippen LogP contribution in [-0.4, -0.2) is 11.8 Å². The highest BCUT2D eigenvalue weighted by Crippen LogP contribution is 2.49. The van der Waals surface area contributed by atoms with Gasteiger partial charge in [-0.2, -0.15) is 17.6 Å². The summed E-state index contributed by atoms with van der Waals surface area (Å²) >= 11 is 0. The average Bonchev–Trinajstić information content (AvgIpc) is 2.00. The lowest BCUT2D eigenvalue weighted by Gasteiger charge is -2.26. The zero-order valence-electron chi connectivity index (χ0n) is 5.72. The molecule has 0 bridgehead atoms. The van der Waals surface area contributed by atoms with Gasteiger partial charge in [-0.3, -0.25) is 0 Å². The van der Waals surface area contributed by atoms with E-state index in [4.69, 9.17) is 0 Å². The first-order chi connectivity index (χ1) is 5.71. The molecular formula is C6HF7. The number of halogens is 7. The maximum Gasteiger partial charge on any atom is 0.370 e. The Kier molecular flexibility index (Phi) is 1.93. The van der Waals surface area contributed by atoms with E-state index in [1.165, 1.54) is 0 Å². The molecule has 0 N–H and O–H groups in total. The first-order valence-electron chi connectivity index (χ1n) is 2.90. The zero-order chi connectivity index (χ0) is 10.4. The molecule has 0 spiro atoms. The van der Waals surface area contributed by atoms with E-state index in [2.05, 4.69) is 0 Å². The van der Waals surface area contributed by atoms with Crippen LogP contribution in [-0.2, 0) is 0 Å². The van der Waals surface area contributed by atoms with Gasteiger partial charge in [0.15, 0.2) is 11.7 Å². The molecule has 0 aliphatic heterocycles. The highest BCUT2D eigenvalue weighted by atomic mass is 19.3. The summed E-state index contributed by atoms with van der Waals surface area (Å²) in [6.45, 7) is 0. The molecule has 0 atom stereocenters. The van der Waals surface area contributed by atoms with Crippen molar-refractivity contribution in [2.24, 2.45) is 0 Å². The Morgan fingerprint density at radius 1 is 0.846 bits per heavy atom. The Hall–Kier alpha value is -1.01. The van der Waals surface area contributed by atoms with Crippen LogP contribution in [0.3, 0.4) is 0 Å². The van der Waals surface area contributed by atoms with E-state index in [0.717, 1.165) is 0 Å². The van der Waals surface area contributed by atoms with Crippen LogP contribution in [0.25, 0.3) is 0 Å². The monoisotopic (exact) mass is 206 g/mol. The summed E-state index contributed by atoms with van der Waals surface area (Å²) in [6.07, 6.45) is -0.604. The summed E-state index contributed by atoms with van der Waals surface area (Å²) < 4.78 is 84.9. The second-order valence-electron chi connectivity index (χ2n) is 2.30. The molecule has 0 amide bonds. The van der Waals surface area contributed by atoms with Crippen LogP contribution in [0, 0.1) is 0 Å². The van der Waals surface area contributed by atoms with Crippen molar-refractivity contribution in [3.8, 4) is 0 Å². The largest absolute Gasteiger partial charge is 0.370 e. The van der Waals surface area contributed by atoms with E-state index in [1.54, 1.807) is 0 Å². The quantitative estimate of drug-likeness (QED) is 0.533. The van der Waals surface area contributed by atoms with Crippen LogP contribution in [0.1, 0.15) is 0 Å². The van der Waals surface area contributed by atoms with E-state index < -0.39 is 35.4 Å². The van der Waals surface area contributed by atoms with Gasteiger partial charge in [0, 0.05) is 6.08 Å². The SMILES string of the molecule is FC1=CC(F)=C(F)C(F)(F)C1(F)F. The molecule has 0 aromatic heterocycles. The van der Waals surface area contributed by atoms with E-state index in [0.29, 0.717) is 0 Å². The summed E-state index contributed by atoms with van der Waals surface area (Å²) in [5, 5.41) is 0. The fourth-order valence-electron chi connectivity index (χ4n) is 0.703. The minimum Gasteiger partial charge on any atom is -0.205 e. The molecule has 0 aromatic carbocycles. The van der Waals surface area contributed by atoms with E-state index in [-0.39, 0.29) is 0 Å². The Morgan fingerprint density at radius 3 is 1.77 bits per heavy atom. The molecule has 0 saturated heterocycles. The van der Waals surface area contributed by atoms with Gasteiger partial charge < -0.3 is 0 Å². The molecule has 1 aliphatic rings. The minimum atomic E-state index is -5.46. The predicted molar refractivity (Wildman–Crippen MR) is 28.3 cm³/mol. The summed E-state index contributed by atoms with van der Waals surface area (Å²) in [4.78, 5) is 0. The van der Waals surface area contributed by atoms with Gasteiger partial charge in [0.25, 0.3) is 0 Å². The molecule has 0 heterocycles. The average molecular weight is 206 g/mol. The van der Waals surface area contributed by atoms with Crippen molar-refractivity contribution >= 4 is 0 Å². The lowest BCUT2D eigenvalue weighted by atomic mass is 10.0. The van der Waals surface area contributed by atoms with Crippen LogP contribution in [0.2, 0.25) is 0 Å². The Balaban J connectivity index is 3.34. The first-order valence-corrected chi connectivity index (χ1v) is 2.90. The Morgan fingerprint density at radius 2 is 1.31 bits per heavy atom. The van der Waals surface area contributed by atoms with Crippen LogP contribution >= 0.6 is 0 Å². The van der Waals surface area contributed by atoms with Crippen LogP contribution in [0.4, 0.5) is 30.7 Å². The smallest absolute Gasteiger partial charge is 0.205 e. The van der Waals surface area contributed by atoms with Crippen molar-refractivity contribution in [3.63, 3.8) is 0 Å². The molecule has 0 fully saturated rings. The number of alkyl halides is 4. The lowest BCUT2D eigenvalue weighted by molar-refractivity contribution is -0.184. The van der Waals surface area contributed by atoms with Gasteiger partial charge in [0.1, 0.15) is 0 Å². The molecule has 1 rings (SSSR count). The summed E-state index contributed by atoms with van der Waals surface area (Å²) in [5.41, 5.74) is 0. The van der Waals surface area contributed by atoms with Gasteiger partial charge in [-0.05, 0) is 0 Å². The third kappa shape index (κ3) is 1.13. The van der Waals surface area contributed by atoms with E-state index in [9.17, 15) is 30.7 Å². The van der Waals surface area contributed by atoms with Gasteiger partial charge in [0.2, 0.25) is 5.83 Å². The minimum absolute atomic E-state index is 0.604. The van der Waals surface area contributed by atoms with E-state index in [1.807, 2.05) is 0 Å². The zero-order valence-corrected chi connectivity index (χ0v) is 5.72. The summed E-state index contributed by atoms with van der Waals surface area (Å²) in [6, 6.07) is 0. The maximum atomic E-state index is 12.2. The molecule has 1 aliphatic carbocycles. The number of allylic oxidation sites excluding steroid dienone is 4. The van der Waals surface area contributed by atoms with Gasteiger partial charge >= 0.3 is 11.8 Å². The predicted octanol–water partition coefficient (Wildman–Crippen LogP) is 3.27. The molecule has 13 heavy (non-hydrogen) atoms. The van der Waals surface area contributed by atoms with Crippen molar-refractivity contribution in [2.45, 2.75) is 11.8 Å². The summed E-state index contributed by atoms with van der Waals surface area (Å²) in [5.74, 6) is -18.8. The second-order valence-corrected chi connectivity index (χ2v) is 2.30. The molecule has 7 heteroatoms. The number of hydrogen-bond acceptors (Lipinski definition) is 0. The van der Waals surface area contributed by atoms with Crippen molar-refractivity contribution < 1.29 is 30.7 Å². The molecule has 0 saturated carbocycles. The second kappa shape index (κ2) is 2.49. The maximum absolute atomic E-state index is 12.2. The lowest BCUT2D eigenvalue weighted by Crippen LogP contribution is -2.43. The molecule has 0 nitrogen and oxygen atoms in total. The van der Waals surface area contributed by atoms with Crippen molar-refractivity contribution in [1.82, 2.24) is 0 Å².